The van der Waals surface area contributed by atoms with Crippen molar-refractivity contribution in [3.8, 4) is 5.75 Å². The first-order valence-corrected chi connectivity index (χ1v) is 6.54. The summed E-state index contributed by atoms with van der Waals surface area (Å²) in [5, 5.41) is 9.23. The zero-order valence-corrected chi connectivity index (χ0v) is 10.4. The molecule has 0 saturated heterocycles. The van der Waals surface area contributed by atoms with Crippen LogP contribution >= 0.6 is 0 Å². The molecule has 0 amide bonds. The predicted molar refractivity (Wildman–Crippen MR) is 66.8 cm³/mol. The molecule has 2 rings (SSSR count). The van der Waals surface area contributed by atoms with Gasteiger partial charge in [0.25, 0.3) is 0 Å². The van der Waals surface area contributed by atoms with Gasteiger partial charge in [-0.15, -0.1) is 0 Å². The van der Waals surface area contributed by atoms with Gasteiger partial charge in [-0.3, -0.25) is 4.98 Å². The summed E-state index contributed by atoms with van der Waals surface area (Å²) in [5.41, 5.74) is 0.783. The van der Waals surface area contributed by atoms with Crippen LogP contribution in [-0.2, 0) is 6.61 Å². The number of pyridine rings is 1. The first kappa shape index (κ1) is 12.4. The minimum absolute atomic E-state index is 0.00685. The van der Waals surface area contributed by atoms with Gasteiger partial charge in [0.05, 0.1) is 12.7 Å². The lowest BCUT2D eigenvalue weighted by molar-refractivity contribution is 0.118. The molecule has 0 radical (unpaired) electrons. The minimum Gasteiger partial charge on any atom is -0.490 e. The molecule has 1 aliphatic carbocycles. The van der Waals surface area contributed by atoms with Crippen LogP contribution in [-0.4, -0.2) is 16.2 Å². The van der Waals surface area contributed by atoms with Crippen LogP contribution in [0.15, 0.2) is 18.5 Å². The van der Waals surface area contributed by atoms with E-state index in [4.69, 9.17) is 4.74 Å². The summed E-state index contributed by atoms with van der Waals surface area (Å²) in [6.07, 6.45) is 9.80. The second-order valence-electron chi connectivity index (χ2n) is 4.82. The number of rotatable bonds is 4. The number of hydrogen-bond donors (Lipinski definition) is 1. The molecule has 1 saturated carbocycles. The standard InChI is InChI=1S/C14H21NO2/c1-2-11-4-3-5-13(8-11)17-14-6-7-15-9-12(14)10-16/h6-7,9,11,13,16H,2-5,8,10H2,1H3. The molecule has 94 valence electrons. The molecule has 0 bridgehead atoms. The maximum Gasteiger partial charge on any atom is 0.128 e. The normalized spacial score (nSPS) is 24.6. The highest BCUT2D eigenvalue weighted by Gasteiger charge is 2.22. The van der Waals surface area contributed by atoms with E-state index in [-0.39, 0.29) is 6.61 Å². The first-order valence-electron chi connectivity index (χ1n) is 6.54. The van der Waals surface area contributed by atoms with Crippen molar-refractivity contribution in [3.63, 3.8) is 0 Å². The monoisotopic (exact) mass is 235 g/mol. The van der Waals surface area contributed by atoms with Crippen molar-refractivity contribution in [3.05, 3.63) is 24.0 Å². The van der Waals surface area contributed by atoms with E-state index in [9.17, 15) is 5.11 Å². The average molecular weight is 235 g/mol. The summed E-state index contributed by atoms with van der Waals surface area (Å²) in [4.78, 5) is 4.00. The SMILES string of the molecule is CCC1CCCC(Oc2ccncc2CO)C1. The number of aliphatic hydroxyl groups is 1. The highest BCUT2D eigenvalue weighted by Crippen LogP contribution is 2.30. The second-order valence-corrected chi connectivity index (χ2v) is 4.82. The molecule has 3 nitrogen and oxygen atoms in total. The van der Waals surface area contributed by atoms with Crippen molar-refractivity contribution in [1.29, 1.82) is 0 Å². The molecule has 0 spiro atoms. The molecular weight excluding hydrogens is 214 g/mol. The average Bonchev–Trinajstić information content (AvgIpc) is 2.39. The van der Waals surface area contributed by atoms with Crippen molar-refractivity contribution in [1.82, 2.24) is 4.98 Å². The molecule has 0 aromatic carbocycles. The van der Waals surface area contributed by atoms with E-state index >= 15 is 0 Å². The molecule has 1 aromatic rings. The maximum absolute atomic E-state index is 9.23. The molecule has 1 aromatic heterocycles. The van der Waals surface area contributed by atoms with Crippen molar-refractivity contribution >= 4 is 0 Å². The Morgan fingerprint density at radius 2 is 2.35 bits per heavy atom. The predicted octanol–water partition coefficient (Wildman–Crippen LogP) is 2.92. The fourth-order valence-electron chi connectivity index (χ4n) is 2.55. The summed E-state index contributed by atoms with van der Waals surface area (Å²) < 4.78 is 6.01. The van der Waals surface area contributed by atoms with Gasteiger partial charge < -0.3 is 9.84 Å². The van der Waals surface area contributed by atoms with E-state index in [2.05, 4.69) is 11.9 Å². The summed E-state index contributed by atoms with van der Waals surface area (Å²) in [5.74, 6) is 1.59. The fourth-order valence-corrected chi connectivity index (χ4v) is 2.55. The van der Waals surface area contributed by atoms with Gasteiger partial charge in [-0.1, -0.05) is 19.8 Å². The molecule has 1 aliphatic rings. The Kier molecular flexibility index (Phi) is 4.37. The number of aromatic nitrogens is 1. The molecule has 17 heavy (non-hydrogen) atoms. The lowest BCUT2D eigenvalue weighted by atomic mass is 9.85. The smallest absolute Gasteiger partial charge is 0.128 e. The Bertz CT molecular complexity index is 354. The number of aliphatic hydroxyl groups excluding tert-OH is 1. The van der Waals surface area contributed by atoms with Crippen molar-refractivity contribution in [2.24, 2.45) is 5.92 Å². The summed E-state index contributed by atoms with van der Waals surface area (Å²) in [7, 11) is 0. The largest absolute Gasteiger partial charge is 0.490 e. The molecule has 3 heteroatoms. The molecule has 1 N–H and O–H groups in total. The van der Waals surface area contributed by atoms with E-state index in [0.29, 0.717) is 6.10 Å². The minimum atomic E-state index is -0.00685. The van der Waals surface area contributed by atoms with Gasteiger partial charge in [0.2, 0.25) is 0 Å². The van der Waals surface area contributed by atoms with Crippen LogP contribution in [0.2, 0.25) is 0 Å². The summed E-state index contributed by atoms with van der Waals surface area (Å²) >= 11 is 0. The Labute approximate surface area is 103 Å². The van der Waals surface area contributed by atoms with Gasteiger partial charge in [0.1, 0.15) is 5.75 Å². The molecule has 2 atom stereocenters. The fraction of sp³-hybridized carbons (Fsp3) is 0.643. The maximum atomic E-state index is 9.23. The van der Waals surface area contributed by atoms with E-state index in [1.54, 1.807) is 12.4 Å². The topological polar surface area (TPSA) is 42.4 Å². The van der Waals surface area contributed by atoms with E-state index in [1.165, 1.54) is 19.3 Å². The Morgan fingerprint density at radius 3 is 3.12 bits per heavy atom. The van der Waals surface area contributed by atoms with Crippen LogP contribution in [0.25, 0.3) is 0 Å². The highest BCUT2D eigenvalue weighted by atomic mass is 16.5. The molecule has 1 fully saturated rings. The van der Waals surface area contributed by atoms with Crippen molar-refractivity contribution in [2.75, 3.05) is 0 Å². The Balaban J connectivity index is 2.00. The van der Waals surface area contributed by atoms with Gasteiger partial charge in [-0.25, -0.2) is 0 Å². The van der Waals surface area contributed by atoms with Crippen LogP contribution in [0, 0.1) is 5.92 Å². The Morgan fingerprint density at radius 1 is 1.47 bits per heavy atom. The van der Waals surface area contributed by atoms with Crippen LogP contribution < -0.4 is 4.74 Å². The lowest BCUT2D eigenvalue weighted by Crippen LogP contribution is -2.25. The number of ether oxygens (including phenoxy) is 1. The van der Waals surface area contributed by atoms with Gasteiger partial charge in [0, 0.05) is 18.0 Å². The van der Waals surface area contributed by atoms with Gasteiger partial charge >= 0.3 is 0 Å². The molecule has 0 aliphatic heterocycles. The highest BCUT2D eigenvalue weighted by molar-refractivity contribution is 5.29. The van der Waals surface area contributed by atoms with E-state index in [0.717, 1.165) is 30.1 Å². The summed E-state index contributed by atoms with van der Waals surface area (Å²) in [6, 6.07) is 1.85. The van der Waals surface area contributed by atoms with Crippen molar-refractivity contribution in [2.45, 2.75) is 51.7 Å². The van der Waals surface area contributed by atoms with Crippen LogP contribution in [0.4, 0.5) is 0 Å². The molecular formula is C14H21NO2. The zero-order valence-electron chi connectivity index (χ0n) is 10.4. The van der Waals surface area contributed by atoms with Gasteiger partial charge in [-0.05, 0) is 31.2 Å². The van der Waals surface area contributed by atoms with Crippen LogP contribution in [0.3, 0.4) is 0 Å². The first-order chi connectivity index (χ1) is 8.33. The van der Waals surface area contributed by atoms with Gasteiger partial charge in [0.15, 0.2) is 0 Å². The van der Waals surface area contributed by atoms with Crippen LogP contribution in [0.5, 0.6) is 5.75 Å². The second kappa shape index (κ2) is 6.01. The molecule has 1 heterocycles. The third-order valence-corrected chi connectivity index (χ3v) is 3.63. The zero-order chi connectivity index (χ0) is 12.1. The van der Waals surface area contributed by atoms with E-state index < -0.39 is 0 Å². The summed E-state index contributed by atoms with van der Waals surface area (Å²) in [6.45, 7) is 2.24. The number of hydrogen-bond acceptors (Lipinski definition) is 3. The third-order valence-electron chi connectivity index (χ3n) is 3.63. The Hall–Kier alpha value is -1.09. The van der Waals surface area contributed by atoms with Crippen molar-refractivity contribution < 1.29 is 9.84 Å². The van der Waals surface area contributed by atoms with E-state index in [1.807, 2.05) is 6.07 Å². The lowest BCUT2D eigenvalue weighted by Gasteiger charge is -2.29. The third kappa shape index (κ3) is 3.19. The molecule has 2 unspecified atom stereocenters. The van der Waals surface area contributed by atoms with Crippen LogP contribution in [0.1, 0.15) is 44.6 Å². The van der Waals surface area contributed by atoms with Gasteiger partial charge in [-0.2, -0.15) is 0 Å². The quantitative estimate of drug-likeness (QED) is 0.872. The number of nitrogens with zero attached hydrogens (tertiary/aromatic N) is 1.